The monoisotopic (exact) mass is 292 g/mol. The number of carbonyl (C=O) groups excluding carboxylic acids is 1. The van der Waals surface area contributed by atoms with Gasteiger partial charge in [0.1, 0.15) is 11.4 Å². The zero-order valence-electron chi connectivity index (χ0n) is 12.7. The van der Waals surface area contributed by atoms with Crippen molar-refractivity contribution >= 4 is 11.6 Å². The van der Waals surface area contributed by atoms with Gasteiger partial charge < -0.3 is 20.0 Å². The lowest BCUT2D eigenvalue weighted by atomic mass is 9.98. The Hall–Kier alpha value is -1.75. The minimum Gasteiger partial charge on any atom is -0.508 e. The molecule has 1 unspecified atom stereocenters. The van der Waals surface area contributed by atoms with Gasteiger partial charge in [0.15, 0.2) is 0 Å². The highest BCUT2D eigenvalue weighted by Crippen LogP contribution is 2.21. The first-order valence-corrected chi connectivity index (χ1v) is 7.50. The number of piperazine rings is 1. The average molecular weight is 292 g/mol. The molecule has 1 aromatic carbocycles. The van der Waals surface area contributed by atoms with E-state index in [2.05, 4.69) is 4.90 Å². The number of aliphatic hydroxyl groups is 1. The Bertz CT molecular complexity index is 477. The Morgan fingerprint density at radius 2 is 1.76 bits per heavy atom. The van der Waals surface area contributed by atoms with Crippen LogP contribution in [-0.4, -0.2) is 52.8 Å². The number of aromatic hydroxyl groups is 1. The molecule has 1 amide bonds. The van der Waals surface area contributed by atoms with E-state index in [1.54, 1.807) is 24.0 Å². The number of amides is 1. The number of phenolic OH excluding ortho intramolecular Hbond substituents is 1. The fraction of sp³-hybridized carbons (Fsp3) is 0.562. The van der Waals surface area contributed by atoms with E-state index in [0.717, 1.165) is 25.2 Å². The summed E-state index contributed by atoms with van der Waals surface area (Å²) in [6, 6.07) is 7.08. The number of hydrogen-bond donors (Lipinski definition) is 2. The third-order valence-corrected chi connectivity index (χ3v) is 3.98. The molecule has 0 aliphatic carbocycles. The van der Waals surface area contributed by atoms with Crippen LogP contribution in [-0.2, 0) is 4.79 Å². The zero-order chi connectivity index (χ0) is 15.5. The van der Waals surface area contributed by atoms with Crippen molar-refractivity contribution in [2.24, 2.45) is 0 Å². The molecule has 1 heterocycles. The molecule has 21 heavy (non-hydrogen) atoms. The zero-order valence-corrected chi connectivity index (χ0v) is 12.7. The molecule has 1 saturated heterocycles. The number of anilines is 1. The van der Waals surface area contributed by atoms with Crippen molar-refractivity contribution in [1.82, 2.24) is 4.90 Å². The van der Waals surface area contributed by atoms with E-state index in [9.17, 15) is 15.0 Å². The topological polar surface area (TPSA) is 64.0 Å². The largest absolute Gasteiger partial charge is 0.508 e. The van der Waals surface area contributed by atoms with Gasteiger partial charge in [-0.3, -0.25) is 4.79 Å². The first-order valence-electron chi connectivity index (χ1n) is 7.50. The van der Waals surface area contributed by atoms with E-state index in [-0.39, 0.29) is 11.7 Å². The first kappa shape index (κ1) is 15.6. The molecule has 0 bridgehead atoms. The van der Waals surface area contributed by atoms with Crippen LogP contribution < -0.4 is 4.90 Å². The van der Waals surface area contributed by atoms with E-state index < -0.39 is 5.60 Å². The molecular formula is C16H24N2O3. The van der Waals surface area contributed by atoms with Crippen LogP contribution in [0.5, 0.6) is 5.75 Å². The fourth-order valence-corrected chi connectivity index (χ4v) is 2.77. The normalized spacial score (nSPS) is 18.4. The van der Waals surface area contributed by atoms with E-state index >= 15 is 0 Å². The highest BCUT2D eigenvalue weighted by molar-refractivity contribution is 5.84. The number of phenols is 1. The van der Waals surface area contributed by atoms with Crippen LogP contribution in [0.1, 0.15) is 26.7 Å². The number of nitrogens with zero attached hydrogens (tertiary/aromatic N) is 2. The minimum absolute atomic E-state index is 0.172. The summed E-state index contributed by atoms with van der Waals surface area (Å²) in [7, 11) is 0. The van der Waals surface area contributed by atoms with Crippen LogP contribution in [0.25, 0.3) is 0 Å². The second kappa shape index (κ2) is 6.35. The fourth-order valence-electron chi connectivity index (χ4n) is 2.77. The molecule has 1 aromatic rings. The minimum atomic E-state index is -1.25. The number of carbonyl (C=O) groups is 1. The molecule has 2 rings (SSSR count). The van der Waals surface area contributed by atoms with Gasteiger partial charge in [0, 0.05) is 31.9 Å². The van der Waals surface area contributed by atoms with Gasteiger partial charge in [0.2, 0.25) is 0 Å². The van der Waals surface area contributed by atoms with Gasteiger partial charge in [0.05, 0.1) is 0 Å². The molecule has 1 aliphatic heterocycles. The Kier molecular flexibility index (Phi) is 4.73. The van der Waals surface area contributed by atoms with Gasteiger partial charge >= 0.3 is 0 Å². The third kappa shape index (κ3) is 3.67. The highest BCUT2D eigenvalue weighted by Gasteiger charge is 2.34. The Morgan fingerprint density at radius 3 is 2.29 bits per heavy atom. The van der Waals surface area contributed by atoms with E-state index in [1.165, 1.54) is 0 Å². The molecule has 0 spiro atoms. The third-order valence-electron chi connectivity index (χ3n) is 3.98. The lowest BCUT2D eigenvalue weighted by Gasteiger charge is -2.39. The van der Waals surface area contributed by atoms with Crippen molar-refractivity contribution in [3.63, 3.8) is 0 Å². The first-order chi connectivity index (χ1) is 9.94. The Balaban J connectivity index is 1.94. The Morgan fingerprint density at radius 1 is 1.19 bits per heavy atom. The molecule has 0 radical (unpaired) electrons. The lowest BCUT2D eigenvalue weighted by Crippen LogP contribution is -2.55. The smallest absolute Gasteiger partial charge is 0.254 e. The van der Waals surface area contributed by atoms with Crippen LogP contribution in [0.15, 0.2) is 24.3 Å². The molecular weight excluding hydrogens is 268 g/mol. The predicted octanol–water partition coefficient (Wildman–Crippen LogP) is 1.59. The maximum absolute atomic E-state index is 12.3. The molecule has 1 fully saturated rings. The molecule has 5 nitrogen and oxygen atoms in total. The van der Waals surface area contributed by atoms with Crippen LogP contribution in [0.3, 0.4) is 0 Å². The SMILES string of the molecule is CCCC(C)(O)C(=O)N1CCN(c2ccc(O)cc2)CC1. The van der Waals surface area contributed by atoms with Gasteiger partial charge in [0.25, 0.3) is 5.91 Å². The van der Waals surface area contributed by atoms with Crippen LogP contribution in [0, 0.1) is 0 Å². The van der Waals surface area contributed by atoms with Crippen molar-refractivity contribution in [2.75, 3.05) is 31.1 Å². The van der Waals surface area contributed by atoms with Crippen molar-refractivity contribution in [3.8, 4) is 5.75 Å². The van der Waals surface area contributed by atoms with Crippen LogP contribution >= 0.6 is 0 Å². The second-order valence-electron chi connectivity index (χ2n) is 5.82. The maximum Gasteiger partial charge on any atom is 0.254 e. The molecule has 1 aliphatic rings. The summed E-state index contributed by atoms with van der Waals surface area (Å²) in [5.41, 5.74) is -0.213. The summed E-state index contributed by atoms with van der Waals surface area (Å²) in [6.45, 7) is 6.26. The van der Waals surface area contributed by atoms with Crippen LogP contribution in [0.4, 0.5) is 5.69 Å². The summed E-state index contributed by atoms with van der Waals surface area (Å²) in [4.78, 5) is 16.2. The van der Waals surface area contributed by atoms with E-state index in [1.807, 2.05) is 19.1 Å². The van der Waals surface area contributed by atoms with Crippen LogP contribution in [0.2, 0.25) is 0 Å². The summed E-state index contributed by atoms with van der Waals surface area (Å²) >= 11 is 0. The Labute approximate surface area is 125 Å². The highest BCUT2D eigenvalue weighted by atomic mass is 16.3. The predicted molar refractivity (Wildman–Crippen MR) is 82.4 cm³/mol. The number of hydrogen-bond acceptors (Lipinski definition) is 4. The molecule has 1 atom stereocenters. The maximum atomic E-state index is 12.3. The lowest BCUT2D eigenvalue weighted by molar-refractivity contribution is -0.150. The van der Waals surface area contributed by atoms with Gasteiger partial charge in [-0.15, -0.1) is 0 Å². The summed E-state index contributed by atoms with van der Waals surface area (Å²) in [5.74, 6) is 0.0814. The van der Waals surface area contributed by atoms with Crippen molar-refractivity contribution in [3.05, 3.63) is 24.3 Å². The summed E-state index contributed by atoms with van der Waals surface area (Å²) < 4.78 is 0. The van der Waals surface area contributed by atoms with Crippen molar-refractivity contribution in [2.45, 2.75) is 32.3 Å². The standard InChI is InChI=1S/C16H24N2O3/c1-3-8-16(2,21)15(20)18-11-9-17(10-12-18)13-4-6-14(19)7-5-13/h4-7,19,21H,3,8-12H2,1-2H3. The average Bonchev–Trinajstić information content (AvgIpc) is 2.47. The molecule has 0 aromatic heterocycles. The van der Waals surface area contributed by atoms with Gasteiger partial charge in [-0.05, 0) is 37.6 Å². The molecule has 0 saturated carbocycles. The molecule has 2 N–H and O–H groups in total. The van der Waals surface area contributed by atoms with Gasteiger partial charge in [-0.2, -0.15) is 0 Å². The second-order valence-corrected chi connectivity index (χ2v) is 5.82. The van der Waals surface area contributed by atoms with Crippen molar-refractivity contribution < 1.29 is 15.0 Å². The van der Waals surface area contributed by atoms with E-state index in [4.69, 9.17) is 0 Å². The number of rotatable bonds is 4. The van der Waals surface area contributed by atoms with E-state index in [0.29, 0.717) is 19.5 Å². The molecule has 116 valence electrons. The van der Waals surface area contributed by atoms with Crippen molar-refractivity contribution in [1.29, 1.82) is 0 Å². The molecule has 5 heteroatoms. The number of benzene rings is 1. The summed E-state index contributed by atoms with van der Waals surface area (Å²) in [6.07, 6.45) is 1.27. The van der Waals surface area contributed by atoms with Gasteiger partial charge in [-0.1, -0.05) is 13.3 Å². The summed E-state index contributed by atoms with van der Waals surface area (Å²) in [5, 5.41) is 19.5. The van der Waals surface area contributed by atoms with Gasteiger partial charge in [-0.25, -0.2) is 0 Å². The quantitative estimate of drug-likeness (QED) is 0.884.